The summed E-state index contributed by atoms with van der Waals surface area (Å²) in [4.78, 5) is 28.5. The van der Waals surface area contributed by atoms with E-state index in [4.69, 9.17) is 4.74 Å². The molecular weight excluding hydrogens is 424 g/mol. The Labute approximate surface area is 199 Å². The Kier molecular flexibility index (Phi) is 6.00. The summed E-state index contributed by atoms with van der Waals surface area (Å²) < 4.78 is 5.78. The molecule has 0 fully saturated rings. The number of carbonyl (C=O) groups is 2. The molecule has 5 rings (SSSR count). The van der Waals surface area contributed by atoms with Crippen LogP contribution in [0.5, 0.6) is 5.75 Å². The first kappa shape index (κ1) is 21.7. The van der Waals surface area contributed by atoms with Crippen LogP contribution in [0.25, 0.3) is 10.8 Å². The summed E-state index contributed by atoms with van der Waals surface area (Å²) in [6.07, 6.45) is 1.81. The van der Waals surface area contributed by atoms with Gasteiger partial charge in [-0.05, 0) is 66.4 Å². The fraction of sp³-hybridized carbons (Fsp3) is 0.172. The summed E-state index contributed by atoms with van der Waals surface area (Å²) in [6, 6.07) is 26.7. The zero-order valence-corrected chi connectivity index (χ0v) is 19.1. The number of fused-ring (bicyclic) bond motifs is 2. The van der Waals surface area contributed by atoms with Crippen LogP contribution in [0.2, 0.25) is 0 Å². The molecule has 5 nitrogen and oxygen atoms in total. The maximum absolute atomic E-state index is 13.5. The molecule has 0 saturated heterocycles. The van der Waals surface area contributed by atoms with Gasteiger partial charge in [-0.3, -0.25) is 9.59 Å². The number of hydrogen-bond acceptors (Lipinski definition) is 3. The molecule has 34 heavy (non-hydrogen) atoms. The fourth-order valence-electron chi connectivity index (χ4n) is 4.55. The van der Waals surface area contributed by atoms with Crippen LogP contribution >= 0.6 is 0 Å². The van der Waals surface area contributed by atoms with Crippen molar-refractivity contribution in [3.63, 3.8) is 0 Å². The smallest absolute Gasteiger partial charge is 0.260 e. The number of aryl methyl sites for hydroxylation is 1. The normalized spacial score (nSPS) is 12.8. The lowest BCUT2D eigenvalue weighted by atomic mass is 9.99. The fourth-order valence-corrected chi connectivity index (χ4v) is 4.55. The third kappa shape index (κ3) is 4.13. The average Bonchev–Trinajstić information content (AvgIpc) is 2.88. The topological polar surface area (TPSA) is 58.6 Å². The Morgan fingerprint density at radius 3 is 2.56 bits per heavy atom. The maximum Gasteiger partial charge on any atom is 0.260 e. The van der Waals surface area contributed by atoms with E-state index in [9.17, 15) is 9.59 Å². The predicted octanol–water partition coefficient (Wildman–Crippen LogP) is 6.08. The Morgan fingerprint density at radius 1 is 0.941 bits per heavy atom. The molecule has 4 aromatic carbocycles. The highest BCUT2D eigenvalue weighted by molar-refractivity contribution is 6.15. The number of benzene rings is 4. The van der Waals surface area contributed by atoms with Gasteiger partial charge in [0, 0.05) is 23.5 Å². The standard InChI is InChI=1S/C29H26N2O3/c1-2-34-26-17-15-20-9-6-7-13-24(20)27(26)28(32)30-23-16-14-21-12-8-18-31(25(21)19-23)29(33)22-10-4-3-5-11-22/h3-7,9-11,13-17,19H,2,8,12,18H2,1H3,(H,30,32). The number of carbonyl (C=O) groups excluding carboxylic acids is 2. The Bertz CT molecular complexity index is 1360. The van der Waals surface area contributed by atoms with Gasteiger partial charge in [0.25, 0.3) is 11.8 Å². The molecule has 0 bridgehead atoms. The number of amides is 2. The van der Waals surface area contributed by atoms with E-state index in [1.54, 1.807) is 0 Å². The van der Waals surface area contributed by atoms with E-state index in [1.165, 1.54) is 0 Å². The van der Waals surface area contributed by atoms with Crippen molar-refractivity contribution >= 4 is 34.0 Å². The van der Waals surface area contributed by atoms with E-state index in [2.05, 4.69) is 5.32 Å². The number of hydrogen-bond donors (Lipinski definition) is 1. The van der Waals surface area contributed by atoms with Crippen molar-refractivity contribution in [3.05, 3.63) is 102 Å². The third-order valence-electron chi connectivity index (χ3n) is 6.15. The predicted molar refractivity (Wildman–Crippen MR) is 136 cm³/mol. The quantitative estimate of drug-likeness (QED) is 0.401. The van der Waals surface area contributed by atoms with Gasteiger partial charge in [-0.1, -0.05) is 54.6 Å². The van der Waals surface area contributed by atoms with Gasteiger partial charge in [0.1, 0.15) is 5.75 Å². The first-order chi connectivity index (χ1) is 16.7. The van der Waals surface area contributed by atoms with Crippen molar-refractivity contribution in [1.29, 1.82) is 0 Å². The number of anilines is 2. The lowest BCUT2D eigenvalue weighted by molar-refractivity contribution is 0.0984. The van der Waals surface area contributed by atoms with Crippen LogP contribution in [0.1, 0.15) is 39.6 Å². The highest BCUT2D eigenvalue weighted by Crippen LogP contribution is 2.33. The van der Waals surface area contributed by atoms with Gasteiger partial charge in [0.05, 0.1) is 12.2 Å². The maximum atomic E-state index is 13.5. The molecule has 1 N–H and O–H groups in total. The minimum atomic E-state index is -0.239. The highest BCUT2D eigenvalue weighted by Gasteiger charge is 2.24. The van der Waals surface area contributed by atoms with Gasteiger partial charge in [-0.2, -0.15) is 0 Å². The molecule has 0 spiro atoms. The number of rotatable bonds is 5. The third-order valence-corrected chi connectivity index (χ3v) is 6.15. The lowest BCUT2D eigenvalue weighted by Crippen LogP contribution is -2.35. The van der Waals surface area contributed by atoms with Crippen molar-refractivity contribution in [2.45, 2.75) is 19.8 Å². The lowest BCUT2D eigenvalue weighted by Gasteiger charge is -2.30. The molecule has 1 aliphatic heterocycles. The van der Waals surface area contributed by atoms with Gasteiger partial charge in [-0.15, -0.1) is 0 Å². The van der Waals surface area contributed by atoms with Gasteiger partial charge in [0.2, 0.25) is 0 Å². The largest absolute Gasteiger partial charge is 0.493 e. The van der Waals surface area contributed by atoms with Gasteiger partial charge in [-0.25, -0.2) is 0 Å². The molecular formula is C29H26N2O3. The van der Waals surface area contributed by atoms with E-state index in [0.717, 1.165) is 34.9 Å². The zero-order valence-electron chi connectivity index (χ0n) is 19.1. The van der Waals surface area contributed by atoms with E-state index in [0.29, 0.717) is 35.7 Å². The summed E-state index contributed by atoms with van der Waals surface area (Å²) >= 11 is 0. The van der Waals surface area contributed by atoms with Crippen molar-refractivity contribution in [2.75, 3.05) is 23.4 Å². The van der Waals surface area contributed by atoms with E-state index in [-0.39, 0.29) is 11.8 Å². The van der Waals surface area contributed by atoms with E-state index >= 15 is 0 Å². The van der Waals surface area contributed by atoms with Gasteiger partial charge in [0.15, 0.2) is 0 Å². The van der Waals surface area contributed by atoms with Crippen molar-refractivity contribution in [1.82, 2.24) is 0 Å². The zero-order chi connectivity index (χ0) is 23.5. The number of ether oxygens (including phenoxy) is 1. The molecule has 1 heterocycles. The van der Waals surface area contributed by atoms with Crippen LogP contribution in [-0.4, -0.2) is 25.0 Å². The minimum Gasteiger partial charge on any atom is -0.493 e. The molecule has 0 unspecified atom stereocenters. The minimum absolute atomic E-state index is 0.0299. The van der Waals surface area contributed by atoms with Crippen molar-refractivity contribution in [2.24, 2.45) is 0 Å². The molecule has 5 heteroatoms. The van der Waals surface area contributed by atoms with Crippen LogP contribution in [0.15, 0.2) is 84.9 Å². The van der Waals surface area contributed by atoms with E-state index in [1.807, 2.05) is 96.8 Å². The first-order valence-electron chi connectivity index (χ1n) is 11.6. The summed E-state index contributed by atoms with van der Waals surface area (Å²) in [6.45, 7) is 3.02. The summed E-state index contributed by atoms with van der Waals surface area (Å²) in [5.74, 6) is 0.284. The second-order valence-corrected chi connectivity index (χ2v) is 8.32. The molecule has 4 aromatic rings. The van der Waals surface area contributed by atoms with Crippen molar-refractivity contribution < 1.29 is 14.3 Å². The number of nitrogens with one attached hydrogen (secondary N) is 1. The monoisotopic (exact) mass is 450 g/mol. The van der Waals surface area contributed by atoms with Crippen LogP contribution in [0.3, 0.4) is 0 Å². The van der Waals surface area contributed by atoms with E-state index < -0.39 is 0 Å². The summed E-state index contributed by atoms with van der Waals surface area (Å²) in [7, 11) is 0. The Morgan fingerprint density at radius 2 is 1.74 bits per heavy atom. The van der Waals surface area contributed by atoms with Gasteiger partial charge < -0.3 is 15.0 Å². The van der Waals surface area contributed by atoms with Crippen LogP contribution < -0.4 is 15.0 Å². The average molecular weight is 451 g/mol. The van der Waals surface area contributed by atoms with Crippen molar-refractivity contribution in [3.8, 4) is 5.75 Å². The second-order valence-electron chi connectivity index (χ2n) is 8.32. The molecule has 0 radical (unpaired) electrons. The number of nitrogens with zero attached hydrogens (tertiary/aromatic N) is 1. The molecule has 0 atom stereocenters. The van der Waals surface area contributed by atoms with Crippen LogP contribution in [0, 0.1) is 0 Å². The van der Waals surface area contributed by atoms with Crippen LogP contribution in [0.4, 0.5) is 11.4 Å². The Balaban J connectivity index is 1.48. The molecule has 2 amide bonds. The van der Waals surface area contributed by atoms with Gasteiger partial charge >= 0.3 is 0 Å². The molecule has 0 saturated carbocycles. The summed E-state index contributed by atoms with van der Waals surface area (Å²) in [5, 5.41) is 4.85. The SMILES string of the molecule is CCOc1ccc2ccccc2c1C(=O)Nc1ccc2c(c1)N(C(=O)c1ccccc1)CCC2. The summed E-state index contributed by atoms with van der Waals surface area (Å²) in [5.41, 5.74) is 3.76. The molecule has 170 valence electrons. The highest BCUT2D eigenvalue weighted by atomic mass is 16.5. The second kappa shape index (κ2) is 9.40. The van der Waals surface area contributed by atoms with Crippen LogP contribution in [-0.2, 0) is 6.42 Å². The molecule has 1 aliphatic rings. The first-order valence-corrected chi connectivity index (χ1v) is 11.6. The Hall–Kier alpha value is -4.12. The molecule has 0 aliphatic carbocycles. The molecule has 0 aromatic heterocycles.